The van der Waals surface area contributed by atoms with E-state index in [-0.39, 0.29) is 6.61 Å². The minimum absolute atomic E-state index is 0.224. The van der Waals surface area contributed by atoms with Gasteiger partial charge in [-0.15, -0.1) is 0 Å². The zero-order valence-corrected chi connectivity index (χ0v) is 11.1. The minimum Gasteiger partial charge on any atom is -0.492 e. The number of rotatable bonds is 5. The third-order valence-corrected chi connectivity index (χ3v) is 3.46. The van der Waals surface area contributed by atoms with Crippen LogP contribution in [0.1, 0.15) is 12.8 Å². The lowest BCUT2D eigenvalue weighted by Gasteiger charge is -2.09. The van der Waals surface area contributed by atoms with Crippen LogP contribution in [0.5, 0.6) is 5.75 Å². The van der Waals surface area contributed by atoms with Gasteiger partial charge in [0, 0.05) is 6.61 Å². The highest BCUT2D eigenvalue weighted by Gasteiger charge is 2.05. The van der Waals surface area contributed by atoms with Crippen LogP contribution in [0.15, 0.2) is 40.9 Å². The van der Waals surface area contributed by atoms with Gasteiger partial charge in [-0.25, -0.2) is 0 Å². The van der Waals surface area contributed by atoms with Crippen LogP contribution < -0.4 is 4.74 Å². The largest absolute Gasteiger partial charge is 0.492 e. The van der Waals surface area contributed by atoms with Gasteiger partial charge in [-0.1, -0.05) is 30.3 Å². The number of unbranched alkanes of at least 4 members (excludes halogenated alkanes) is 1. The molecule has 0 spiro atoms. The fourth-order valence-electron chi connectivity index (χ4n) is 1.72. The van der Waals surface area contributed by atoms with E-state index < -0.39 is 0 Å². The lowest BCUT2D eigenvalue weighted by molar-refractivity contribution is 0.252. The Labute approximate surface area is 109 Å². The summed E-state index contributed by atoms with van der Waals surface area (Å²) < 4.78 is 6.69. The van der Waals surface area contributed by atoms with Gasteiger partial charge in [0.2, 0.25) is 0 Å². The number of hydrogen-bond donors (Lipinski definition) is 1. The highest BCUT2D eigenvalue weighted by molar-refractivity contribution is 9.10. The Bertz CT molecular complexity index is 497. The third kappa shape index (κ3) is 2.99. The number of aliphatic hydroxyl groups is 1. The van der Waals surface area contributed by atoms with Crippen molar-refractivity contribution in [2.45, 2.75) is 12.8 Å². The summed E-state index contributed by atoms with van der Waals surface area (Å²) in [6.07, 6.45) is 1.65. The molecule has 0 saturated carbocycles. The molecular weight excluding hydrogens is 280 g/mol. The van der Waals surface area contributed by atoms with E-state index in [1.54, 1.807) is 0 Å². The molecule has 0 aromatic heterocycles. The molecule has 2 aromatic carbocycles. The van der Waals surface area contributed by atoms with E-state index in [2.05, 4.69) is 34.1 Å². The van der Waals surface area contributed by atoms with Crippen LogP contribution in [0.4, 0.5) is 0 Å². The number of halogens is 1. The molecule has 2 rings (SSSR count). The van der Waals surface area contributed by atoms with Gasteiger partial charge in [-0.3, -0.25) is 0 Å². The van der Waals surface area contributed by atoms with Crippen LogP contribution in [0.25, 0.3) is 10.8 Å². The Morgan fingerprint density at radius 1 is 1.06 bits per heavy atom. The molecule has 0 aliphatic carbocycles. The van der Waals surface area contributed by atoms with Crippen molar-refractivity contribution in [2.75, 3.05) is 13.2 Å². The van der Waals surface area contributed by atoms with Crippen LogP contribution in [-0.2, 0) is 0 Å². The van der Waals surface area contributed by atoms with Crippen LogP contribution in [0.2, 0.25) is 0 Å². The lowest BCUT2D eigenvalue weighted by Crippen LogP contribution is -1.99. The van der Waals surface area contributed by atoms with Gasteiger partial charge in [-0.2, -0.15) is 0 Å². The molecule has 17 heavy (non-hydrogen) atoms. The standard InChI is InChI=1S/C14H15BrO2/c15-14-12-6-2-1-5-11(12)7-8-13(14)17-10-4-3-9-16/h1-2,5-8,16H,3-4,9-10H2. The predicted octanol–water partition coefficient (Wildman–Crippen LogP) is 3.75. The van der Waals surface area contributed by atoms with Gasteiger partial charge in [0.15, 0.2) is 0 Å². The van der Waals surface area contributed by atoms with Gasteiger partial charge >= 0.3 is 0 Å². The van der Waals surface area contributed by atoms with E-state index in [9.17, 15) is 0 Å². The van der Waals surface area contributed by atoms with Crippen molar-refractivity contribution in [3.05, 3.63) is 40.9 Å². The van der Waals surface area contributed by atoms with Gasteiger partial charge in [0.1, 0.15) is 5.75 Å². The second-order valence-corrected chi connectivity index (χ2v) is 4.67. The molecule has 2 nitrogen and oxygen atoms in total. The van der Waals surface area contributed by atoms with Crippen molar-refractivity contribution in [3.63, 3.8) is 0 Å². The monoisotopic (exact) mass is 294 g/mol. The molecular formula is C14H15BrO2. The summed E-state index contributed by atoms with van der Waals surface area (Å²) in [6, 6.07) is 12.2. The van der Waals surface area contributed by atoms with Crippen molar-refractivity contribution in [3.8, 4) is 5.75 Å². The first kappa shape index (κ1) is 12.4. The van der Waals surface area contributed by atoms with E-state index in [0.717, 1.165) is 28.5 Å². The maximum Gasteiger partial charge on any atom is 0.134 e. The molecule has 3 heteroatoms. The number of hydrogen-bond acceptors (Lipinski definition) is 2. The van der Waals surface area contributed by atoms with E-state index in [0.29, 0.717) is 6.61 Å². The highest BCUT2D eigenvalue weighted by Crippen LogP contribution is 2.33. The van der Waals surface area contributed by atoms with E-state index in [1.807, 2.05) is 18.2 Å². The van der Waals surface area contributed by atoms with E-state index in [1.165, 1.54) is 5.39 Å². The molecule has 0 saturated heterocycles. The summed E-state index contributed by atoms with van der Waals surface area (Å²) in [5, 5.41) is 11.1. The fraction of sp³-hybridized carbons (Fsp3) is 0.286. The number of aliphatic hydroxyl groups excluding tert-OH is 1. The molecule has 0 amide bonds. The normalized spacial score (nSPS) is 10.7. The zero-order chi connectivity index (χ0) is 12.1. The van der Waals surface area contributed by atoms with Crippen molar-refractivity contribution >= 4 is 26.7 Å². The quantitative estimate of drug-likeness (QED) is 0.851. The molecule has 0 aliphatic rings. The van der Waals surface area contributed by atoms with Crippen molar-refractivity contribution in [1.82, 2.24) is 0 Å². The molecule has 0 radical (unpaired) electrons. The molecule has 0 fully saturated rings. The summed E-state index contributed by atoms with van der Waals surface area (Å²) in [5.74, 6) is 0.863. The average Bonchev–Trinajstić information content (AvgIpc) is 2.37. The van der Waals surface area contributed by atoms with Gasteiger partial charge in [-0.05, 0) is 45.6 Å². The molecule has 1 N–H and O–H groups in total. The first-order valence-corrected chi connectivity index (χ1v) is 6.53. The van der Waals surface area contributed by atoms with Gasteiger partial charge in [0.25, 0.3) is 0 Å². The summed E-state index contributed by atoms with van der Waals surface area (Å²) in [5.41, 5.74) is 0. The van der Waals surface area contributed by atoms with E-state index >= 15 is 0 Å². The summed E-state index contributed by atoms with van der Waals surface area (Å²) in [6.45, 7) is 0.861. The SMILES string of the molecule is OCCCCOc1ccc2ccccc2c1Br. The Hall–Kier alpha value is -1.06. The second-order valence-electron chi connectivity index (χ2n) is 3.88. The first-order valence-electron chi connectivity index (χ1n) is 5.74. The topological polar surface area (TPSA) is 29.5 Å². The molecule has 0 aliphatic heterocycles. The van der Waals surface area contributed by atoms with Crippen LogP contribution in [0, 0.1) is 0 Å². The first-order chi connectivity index (χ1) is 8.33. The smallest absolute Gasteiger partial charge is 0.134 e. The van der Waals surface area contributed by atoms with Crippen LogP contribution in [0.3, 0.4) is 0 Å². The molecule has 0 bridgehead atoms. The minimum atomic E-state index is 0.224. The number of ether oxygens (including phenoxy) is 1. The number of fused-ring (bicyclic) bond motifs is 1. The van der Waals surface area contributed by atoms with Crippen molar-refractivity contribution < 1.29 is 9.84 Å². The molecule has 0 unspecified atom stereocenters. The Morgan fingerprint density at radius 3 is 2.71 bits per heavy atom. The molecule has 2 aromatic rings. The van der Waals surface area contributed by atoms with E-state index in [4.69, 9.17) is 9.84 Å². The molecule has 0 heterocycles. The third-order valence-electron chi connectivity index (χ3n) is 2.64. The summed E-state index contributed by atoms with van der Waals surface area (Å²) >= 11 is 3.58. The average molecular weight is 295 g/mol. The Balaban J connectivity index is 2.15. The molecule has 90 valence electrons. The Kier molecular flexibility index (Phi) is 4.40. The summed E-state index contributed by atoms with van der Waals surface area (Å²) in [7, 11) is 0. The Morgan fingerprint density at radius 2 is 1.88 bits per heavy atom. The maximum atomic E-state index is 8.69. The summed E-state index contributed by atoms with van der Waals surface area (Å²) in [4.78, 5) is 0. The zero-order valence-electron chi connectivity index (χ0n) is 9.53. The van der Waals surface area contributed by atoms with Gasteiger partial charge in [0.05, 0.1) is 11.1 Å². The lowest BCUT2D eigenvalue weighted by atomic mass is 10.1. The van der Waals surface area contributed by atoms with Gasteiger partial charge < -0.3 is 9.84 Å². The van der Waals surface area contributed by atoms with Crippen LogP contribution in [-0.4, -0.2) is 18.3 Å². The molecule has 0 atom stereocenters. The maximum absolute atomic E-state index is 8.69. The van der Waals surface area contributed by atoms with Crippen LogP contribution >= 0.6 is 15.9 Å². The highest BCUT2D eigenvalue weighted by atomic mass is 79.9. The second kappa shape index (κ2) is 6.03. The van der Waals surface area contributed by atoms with Crippen molar-refractivity contribution in [1.29, 1.82) is 0 Å². The van der Waals surface area contributed by atoms with Crippen molar-refractivity contribution in [2.24, 2.45) is 0 Å². The fourth-order valence-corrected chi connectivity index (χ4v) is 2.33. The predicted molar refractivity (Wildman–Crippen MR) is 73.5 cm³/mol. The number of benzene rings is 2.